The minimum atomic E-state index is -4.10. The number of anilines is 1. The minimum absolute atomic E-state index is 0.00381. The molecule has 0 radical (unpaired) electrons. The molecule has 0 saturated heterocycles. The van der Waals surface area contributed by atoms with Gasteiger partial charge in [-0.3, -0.25) is 0 Å². The fraction of sp³-hybridized carbons (Fsp3) is 0.478. The molecule has 1 N–H and O–H groups in total. The van der Waals surface area contributed by atoms with Crippen LogP contribution in [0.5, 0.6) is 17.2 Å². The number of rotatable bonds is 6. The van der Waals surface area contributed by atoms with E-state index in [1.54, 1.807) is 0 Å². The second-order valence-corrected chi connectivity index (χ2v) is 8.03. The number of alkyl halides is 3. The molecule has 162 valence electrons. The highest BCUT2D eigenvalue weighted by molar-refractivity contribution is 5.63. The van der Waals surface area contributed by atoms with Crippen molar-refractivity contribution in [1.29, 1.82) is 0 Å². The Labute approximate surface area is 174 Å². The van der Waals surface area contributed by atoms with Crippen LogP contribution in [0.25, 0.3) is 0 Å². The number of hydrogen-bond acceptors (Lipinski definition) is 4. The first kappa shape index (κ1) is 20.7. The molecule has 0 atom stereocenters. The van der Waals surface area contributed by atoms with E-state index in [4.69, 9.17) is 14.2 Å². The third kappa shape index (κ3) is 4.94. The Kier molecular flexibility index (Phi) is 5.97. The first-order valence-electron chi connectivity index (χ1n) is 10.3. The van der Waals surface area contributed by atoms with Crippen molar-refractivity contribution in [3.63, 3.8) is 0 Å². The van der Waals surface area contributed by atoms with Crippen molar-refractivity contribution in [3.05, 3.63) is 47.5 Å². The van der Waals surface area contributed by atoms with E-state index in [2.05, 4.69) is 30.4 Å². The molecular formula is C23H26F3NO3. The van der Waals surface area contributed by atoms with Crippen molar-refractivity contribution < 1.29 is 27.4 Å². The number of aryl methyl sites for hydroxylation is 1. The average molecular weight is 421 g/mol. The lowest BCUT2D eigenvalue weighted by Gasteiger charge is -2.31. The van der Waals surface area contributed by atoms with E-state index in [0.717, 1.165) is 12.1 Å². The van der Waals surface area contributed by atoms with Crippen LogP contribution in [0.3, 0.4) is 0 Å². The highest BCUT2D eigenvalue weighted by Crippen LogP contribution is 2.44. The number of fused-ring (bicyclic) bond motifs is 1. The van der Waals surface area contributed by atoms with Gasteiger partial charge in [-0.05, 0) is 38.2 Å². The molecule has 2 aromatic carbocycles. The van der Waals surface area contributed by atoms with Gasteiger partial charge in [0.25, 0.3) is 0 Å². The van der Waals surface area contributed by atoms with Gasteiger partial charge in [0.15, 0.2) is 11.5 Å². The summed E-state index contributed by atoms with van der Waals surface area (Å²) in [6, 6.07) is 11.9. The summed E-state index contributed by atoms with van der Waals surface area (Å²) in [5, 5.41) is 3.36. The second kappa shape index (κ2) is 8.66. The van der Waals surface area contributed by atoms with Crippen LogP contribution in [0.2, 0.25) is 0 Å². The summed E-state index contributed by atoms with van der Waals surface area (Å²) in [6.45, 7) is 2.67. The predicted molar refractivity (Wildman–Crippen MR) is 108 cm³/mol. The van der Waals surface area contributed by atoms with Gasteiger partial charge in [-0.2, -0.15) is 13.2 Å². The topological polar surface area (TPSA) is 39.7 Å². The zero-order valence-electron chi connectivity index (χ0n) is 16.9. The molecule has 30 heavy (non-hydrogen) atoms. The number of halogens is 3. The average Bonchev–Trinajstić information content (AvgIpc) is 3.16. The summed E-state index contributed by atoms with van der Waals surface area (Å²) < 4.78 is 55.7. The highest BCUT2D eigenvalue weighted by Gasteiger charge is 2.41. The molecule has 4 rings (SSSR count). The molecule has 1 aliphatic heterocycles. The number of ether oxygens (including phenoxy) is 3. The zero-order valence-corrected chi connectivity index (χ0v) is 16.9. The van der Waals surface area contributed by atoms with Crippen molar-refractivity contribution in [2.24, 2.45) is 5.92 Å². The zero-order chi connectivity index (χ0) is 21.1. The van der Waals surface area contributed by atoms with Crippen LogP contribution in [0.1, 0.15) is 36.8 Å². The molecule has 1 aliphatic carbocycles. The SMILES string of the molecule is Cc1cccc(CCOc2cc(NC3CCC(C(F)(F)F)CC3)cc3c2OCO3)c1. The molecule has 0 amide bonds. The molecule has 0 spiro atoms. The van der Waals surface area contributed by atoms with E-state index in [0.29, 0.717) is 36.7 Å². The highest BCUT2D eigenvalue weighted by atomic mass is 19.4. The van der Waals surface area contributed by atoms with Crippen LogP contribution in [-0.4, -0.2) is 25.6 Å². The summed E-state index contributed by atoms with van der Waals surface area (Å²) in [6.07, 6.45) is -2.04. The molecule has 0 bridgehead atoms. The van der Waals surface area contributed by atoms with E-state index in [9.17, 15) is 13.2 Å². The fourth-order valence-electron chi connectivity index (χ4n) is 4.12. The summed E-state index contributed by atoms with van der Waals surface area (Å²) in [4.78, 5) is 0. The number of hydrogen-bond donors (Lipinski definition) is 1. The Morgan fingerprint density at radius 1 is 1.07 bits per heavy atom. The van der Waals surface area contributed by atoms with Gasteiger partial charge in [-0.25, -0.2) is 0 Å². The largest absolute Gasteiger partial charge is 0.489 e. The van der Waals surface area contributed by atoms with Crippen LogP contribution < -0.4 is 19.5 Å². The Hall–Kier alpha value is -2.57. The minimum Gasteiger partial charge on any atom is -0.489 e. The molecule has 2 aromatic rings. The Balaban J connectivity index is 1.39. The van der Waals surface area contributed by atoms with Crippen molar-refractivity contribution in [2.75, 3.05) is 18.7 Å². The maximum absolute atomic E-state index is 12.9. The van der Waals surface area contributed by atoms with Crippen LogP contribution >= 0.6 is 0 Å². The normalized spacial score (nSPS) is 20.8. The van der Waals surface area contributed by atoms with Crippen molar-refractivity contribution in [1.82, 2.24) is 0 Å². The van der Waals surface area contributed by atoms with E-state index in [1.165, 1.54) is 11.1 Å². The van der Waals surface area contributed by atoms with Crippen molar-refractivity contribution >= 4 is 5.69 Å². The van der Waals surface area contributed by atoms with Gasteiger partial charge >= 0.3 is 6.18 Å². The van der Waals surface area contributed by atoms with Gasteiger partial charge in [0.1, 0.15) is 0 Å². The maximum atomic E-state index is 12.9. The summed E-state index contributed by atoms with van der Waals surface area (Å²) in [5.41, 5.74) is 3.18. The monoisotopic (exact) mass is 421 g/mol. The van der Waals surface area contributed by atoms with Gasteiger partial charge in [0, 0.05) is 30.3 Å². The Bertz CT molecular complexity index is 876. The van der Waals surface area contributed by atoms with E-state index >= 15 is 0 Å². The fourth-order valence-corrected chi connectivity index (χ4v) is 4.12. The van der Waals surface area contributed by atoms with E-state index < -0.39 is 12.1 Å². The van der Waals surface area contributed by atoms with Gasteiger partial charge in [-0.15, -0.1) is 0 Å². The summed E-state index contributed by atoms with van der Waals surface area (Å²) in [7, 11) is 0. The Morgan fingerprint density at radius 2 is 1.87 bits per heavy atom. The molecule has 2 aliphatic rings. The van der Waals surface area contributed by atoms with Crippen LogP contribution in [0, 0.1) is 12.8 Å². The molecule has 1 fully saturated rings. The predicted octanol–water partition coefficient (Wildman–Crippen LogP) is 5.88. The molecule has 7 heteroatoms. The lowest BCUT2D eigenvalue weighted by atomic mass is 9.85. The Morgan fingerprint density at radius 3 is 2.60 bits per heavy atom. The van der Waals surface area contributed by atoms with Gasteiger partial charge < -0.3 is 19.5 Å². The lowest BCUT2D eigenvalue weighted by molar-refractivity contribution is -0.182. The molecule has 1 heterocycles. The number of benzene rings is 2. The lowest BCUT2D eigenvalue weighted by Crippen LogP contribution is -2.32. The third-order valence-electron chi connectivity index (χ3n) is 5.73. The second-order valence-electron chi connectivity index (χ2n) is 8.03. The molecular weight excluding hydrogens is 395 g/mol. The standard InChI is InChI=1S/C23H26F3NO3/c1-15-3-2-4-16(11-15)9-10-28-20-12-19(13-21-22(20)30-14-29-21)27-18-7-5-17(6-8-18)23(24,25)26/h2-4,11-13,17-18,27H,5-10,14H2,1H3. The molecule has 0 unspecified atom stereocenters. The third-order valence-corrected chi connectivity index (χ3v) is 5.73. The maximum Gasteiger partial charge on any atom is 0.391 e. The molecule has 0 aromatic heterocycles. The number of nitrogens with one attached hydrogen (secondary N) is 1. The van der Waals surface area contributed by atoms with Gasteiger partial charge in [0.05, 0.1) is 12.5 Å². The summed E-state index contributed by atoms with van der Waals surface area (Å²) >= 11 is 0. The van der Waals surface area contributed by atoms with Crippen LogP contribution in [0.15, 0.2) is 36.4 Å². The smallest absolute Gasteiger partial charge is 0.391 e. The van der Waals surface area contributed by atoms with Gasteiger partial charge in [-0.1, -0.05) is 29.8 Å². The first-order chi connectivity index (χ1) is 14.4. The van der Waals surface area contributed by atoms with E-state index in [-0.39, 0.29) is 25.7 Å². The van der Waals surface area contributed by atoms with Crippen LogP contribution in [-0.2, 0) is 6.42 Å². The summed E-state index contributed by atoms with van der Waals surface area (Å²) in [5.74, 6) is 0.567. The molecule has 1 saturated carbocycles. The van der Waals surface area contributed by atoms with Gasteiger partial charge in [0.2, 0.25) is 12.5 Å². The van der Waals surface area contributed by atoms with Crippen molar-refractivity contribution in [3.8, 4) is 17.2 Å². The van der Waals surface area contributed by atoms with E-state index in [1.807, 2.05) is 18.2 Å². The van der Waals surface area contributed by atoms with Crippen LogP contribution in [0.4, 0.5) is 18.9 Å². The molecule has 4 nitrogen and oxygen atoms in total. The first-order valence-corrected chi connectivity index (χ1v) is 10.3. The quantitative estimate of drug-likeness (QED) is 0.633. The van der Waals surface area contributed by atoms with Crippen molar-refractivity contribution in [2.45, 2.75) is 51.2 Å².